The molecule has 1 saturated heterocycles. The van der Waals surface area contributed by atoms with Crippen LogP contribution in [0.3, 0.4) is 0 Å². The fraction of sp³-hybridized carbons (Fsp3) is 0.545. The number of rotatable bonds is 3. The molecule has 1 aromatic rings. The summed E-state index contributed by atoms with van der Waals surface area (Å²) in [5.41, 5.74) is 0.328. The average Bonchev–Trinajstić information content (AvgIpc) is 2.92. The maximum atomic E-state index is 12.0. The minimum atomic E-state index is -0.122. The summed E-state index contributed by atoms with van der Waals surface area (Å²) in [5, 5.41) is 6.21. The Morgan fingerprint density at radius 2 is 2.11 bits per heavy atom. The molecule has 1 fully saturated rings. The van der Waals surface area contributed by atoms with E-state index in [1.165, 1.54) is 6.26 Å². The number of amides is 2. The molecule has 1 N–H and O–H groups in total. The minimum absolute atomic E-state index is 0.00808. The molecular weight excluding hydrogens is 236 g/mol. The third-order valence-corrected chi connectivity index (χ3v) is 2.96. The van der Waals surface area contributed by atoms with Gasteiger partial charge in [-0.15, -0.1) is 0 Å². The first-order valence-electron chi connectivity index (χ1n) is 5.83. The molecule has 1 aliphatic rings. The van der Waals surface area contributed by atoms with Crippen LogP contribution in [0.5, 0.6) is 0 Å². The number of nitrogens with zero attached hydrogens (tertiary/aromatic N) is 3. The average molecular weight is 252 g/mol. The number of hydrogen-bond donors (Lipinski definition) is 1. The number of likely N-dealkylation sites (N-methyl/N-ethyl adjacent to an activating group) is 1. The van der Waals surface area contributed by atoms with Gasteiger partial charge in [-0.3, -0.25) is 14.5 Å². The van der Waals surface area contributed by atoms with Crippen molar-refractivity contribution in [3.8, 4) is 0 Å². The quantitative estimate of drug-likeness (QED) is 0.760. The van der Waals surface area contributed by atoms with Gasteiger partial charge >= 0.3 is 0 Å². The summed E-state index contributed by atoms with van der Waals surface area (Å²) < 4.78 is 4.65. The highest BCUT2D eigenvalue weighted by Gasteiger charge is 2.24. The van der Waals surface area contributed by atoms with Crippen molar-refractivity contribution in [2.24, 2.45) is 0 Å². The van der Waals surface area contributed by atoms with Crippen LogP contribution in [0.25, 0.3) is 0 Å². The first-order chi connectivity index (χ1) is 8.70. The zero-order valence-corrected chi connectivity index (χ0v) is 10.3. The molecule has 18 heavy (non-hydrogen) atoms. The maximum absolute atomic E-state index is 12.0. The second kappa shape index (κ2) is 5.63. The minimum Gasteiger partial charge on any atom is -0.364 e. The van der Waals surface area contributed by atoms with Crippen molar-refractivity contribution in [1.82, 2.24) is 20.3 Å². The molecule has 0 unspecified atom stereocenters. The molecule has 2 heterocycles. The summed E-state index contributed by atoms with van der Waals surface area (Å²) in [4.78, 5) is 26.9. The normalized spacial score (nSPS) is 16.6. The molecule has 0 aliphatic carbocycles. The van der Waals surface area contributed by atoms with Gasteiger partial charge < -0.3 is 14.7 Å². The predicted octanol–water partition coefficient (Wildman–Crippen LogP) is -0.822. The van der Waals surface area contributed by atoms with E-state index in [-0.39, 0.29) is 11.8 Å². The molecule has 0 bridgehead atoms. The standard InChI is InChI=1S/C11H16N4O3/c1-12-10(16)8-14-3-5-15(6-4-14)11(17)9-2-7-18-13-9/h2,7H,3-6,8H2,1H3,(H,12,16). The second-order valence-corrected chi connectivity index (χ2v) is 4.13. The topological polar surface area (TPSA) is 78.7 Å². The van der Waals surface area contributed by atoms with Crippen molar-refractivity contribution in [1.29, 1.82) is 0 Å². The maximum Gasteiger partial charge on any atom is 0.276 e. The Bertz CT molecular complexity index is 410. The Balaban J connectivity index is 1.83. The molecule has 7 nitrogen and oxygen atoms in total. The van der Waals surface area contributed by atoms with Gasteiger partial charge in [-0.05, 0) is 0 Å². The lowest BCUT2D eigenvalue weighted by atomic mass is 10.2. The molecule has 1 aromatic heterocycles. The summed E-state index contributed by atoms with van der Waals surface area (Å²) in [7, 11) is 1.62. The van der Waals surface area contributed by atoms with Crippen LogP contribution in [0.15, 0.2) is 16.9 Å². The Kier molecular flexibility index (Phi) is 3.93. The Labute approximate surface area is 105 Å². The van der Waals surface area contributed by atoms with Crippen LogP contribution in [0, 0.1) is 0 Å². The largest absolute Gasteiger partial charge is 0.364 e. The van der Waals surface area contributed by atoms with Crippen LogP contribution in [-0.4, -0.2) is 66.5 Å². The molecule has 0 spiro atoms. The number of nitrogens with one attached hydrogen (secondary N) is 1. The first-order valence-corrected chi connectivity index (χ1v) is 5.83. The third kappa shape index (κ3) is 2.86. The van der Waals surface area contributed by atoms with Crippen molar-refractivity contribution in [2.45, 2.75) is 0 Å². The van der Waals surface area contributed by atoms with Gasteiger partial charge in [0.15, 0.2) is 5.69 Å². The number of piperazine rings is 1. The monoisotopic (exact) mass is 252 g/mol. The summed E-state index contributed by atoms with van der Waals surface area (Å²) in [6.07, 6.45) is 1.38. The Hall–Kier alpha value is -1.89. The van der Waals surface area contributed by atoms with Gasteiger partial charge in [0.1, 0.15) is 6.26 Å². The van der Waals surface area contributed by atoms with Crippen LogP contribution >= 0.6 is 0 Å². The summed E-state index contributed by atoms with van der Waals surface area (Å²) in [6.45, 7) is 2.96. The van der Waals surface area contributed by atoms with Gasteiger partial charge in [0.25, 0.3) is 5.91 Å². The molecule has 98 valence electrons. The number of aromatic nitrogens is 1. The number of carbonyl (C=O) groups excluding carboxylic acids is 2. The van der Waals surface area contributed by atoms with Crippen LogP contribution in [0.2, 0.25) is 0 Å². The number of hydrogen-bond acceptors (Lipinski definition) is 5. The van der Waals surface area contributed by atoms with E-state index >= 15 is 0 Å². The molecule has 1 aliphatic heterocycles. The van der Waals surface area contributed by atoms with E-state index in [1.807, 2.05) is 4.90 Å². The van der Waals surface area contributed by atoms with Crippen molar-refractivity contribution in [3.05, 3.63) is 18.0 Å². The van der Waals surface area contributed by atoms with E-state index in [4.69, 9.17) is 0 Å². The first kappa shape index (κ1) is 12.6. The van der Waals surface area contributed by atoms with Gasteiger partial charge in [-0.1, -0.05) is 5.16 Å². The fourth-order valence-electron chi connectivity index (χ4n) is 1.88. The summed E-state index contributed by atoms with van der Waals surface area (Å²) in [6, 6.07) is 1.55. The van der Waals surface area contributed by atoms with E-state index in [0.717, 1.165) is 0 Å². The Morgan fingerprint density at radius 1 is 1.39 bits per heavy atom. The summed E-state index contributed by atoms with van der Waals surface area (Å²) >= 11 is 0. The second-order valence-electron chi connectivity index (χ2n) is 4.13. The molecular formula is C11H16N4O3. The van der Waals surface area contributed by atoms with Crippen LogP contribution in [0.1, 0.15) is 10.5 Å². The zero-order valence-electron chi connectivity index (χ0n) is 10.3. The molecule has 0 aromatic carbocycles. The number of carbonyl (C=O) groups is 2. The lowest BCUT2D eigenvalue weighted by Crippen LogP contribution is -2.50. The van der Waals surface area contributed by atoms with Gasteiger partial charge in [0.2, 0.25) is 5.91 Å². The Morgan fingerprint density at radius 3 is 2.67 bits per heavy atom. The van der Waals surface area contributed by atoms with E-state index in [9.17, 15) is 9.59 Å². The van der Waals surface area contributed by atoms with Crippen LogP contribution < -0.4 is 5.32 Å². The van der Waals surface area contributed by atoms with E-state index in [0.29, 0.717) is 38.4 Å². The van der Waals surface area contributed by atoms with Crippen molar-refractivity contribution in [3.63, 3.8) is 0 Å². The van der Waals surface area contributed by atoms with Crippen LogP contribution in [0.4, 0.5) is 0 Å². The van der Waals surface area contributed by atoms with Gasteiger partial charge in [-0.25, -0.2) is 0 Å². The highest BCUT2D eigenvalue weighted by Crippen LogP contribution is 2.06. The lowest BCUT2D eigenvalue weighted by Gasteiger charge is -2.33. The van der Waals surface area contributed by atoms with Crippen molar-refractivity contribution in [2.75, 3.05) is 39.8 Å². The lowest BCUT2D eigenvalue weighted by molar-refractivity contribution is -0.122. The molecule has 0 atom stereocenters. The molecule has 0 radical (unpaired) electrons. The van der Waals surface area contributed by atoms with Gasteiger partial charge in [0, 0.05) is 39.3 Å². The zero-order chi connectivity index (χ0) is 13.0. The molecule has 7 heteroatoms. The fourth-order valence-corrected chi connectivity index (χ4v) is 1.88. The third-order valence-electron chi connectivity index (χ3n) is 2.96. The van der Waals surface area contributed by atoms with E-state index < -0.39 is 0 Å². The van der Waals surface area contributed by atoms with Crippen molar-refractivity contribution >= 4 is 11.8 Å². The smallest absolute Gasteiger partial charge is 0.276 e. The summed E-state index contributed by atoms with van der Waals surface area (Å²) in [5.74, 6) is -0.130. The van der Waals surface area contributed by atoms with Gasteiger partial charge in [-0.2, -0.15) is 0 Å². The van der Waals surface area contributed by atoms with Crippen LogP contribution in [-0.2, 0) is 4.79 Å². The predicted molar refractivity (Wildman–Crippen MR) is 62.9 cm³/mol. The van der Waals surface area contributed by atoms with E-state index in [2.05, 4.69) is 15.0 Å². The van der Waals surface area contributed by atoms with E-state index in [1.54, 1.807) is 18.0 Å². The molecule has 0 saturated carbocycles. The highest BCUT2D eigenvalue weighted by molar-refractivity contribution is 5.92. The molecule has 2 rings (SSSR count). The SMILES string of the molecule is CNC(=O)CN1CCN(C(=O)c2ccon2)CC1. The van der Waals surface area contributed by atoms with Gasteiger partial charge in [0.05, 0.1) is 6.54 Å². The molecule has 2 amide bonds. The highest BCUT2D eigenvalue weighted by atomic mass is 16.5. The van der Waals surface area contributed by atoms with Crippen molar-refractivity contribution < 1.29 is 14.1 Å².